The molecule has 2 heterocycles. The maximum absolute atomic E-state index is 10.2. The molecule has 1 atom stereocenters. The first kappa shape index (κ1) is 15.7. The van der Waals surface area contributed by atoms with Gasteiger partial charge in [-0.05, 0) is 34.7 Å². The van der Waals surface area contributed by atoms with Gasteiger partial charge in [0.15, 0.2) is 0 Å². The lowest BCUT2D eigenvalue weighted by molar-refractivity contribution is 0.118. The Balaban J connectivity index is 1.99. The molecular formula is C16H23NOS2. The molecular weight excluding hydrogens is 286 g/mol. The van der Waals surface area contributed by atoms with E-state index in [9.17, 15) is 5.11 Å². The minimum absolute atomic E-state index is 0.155. The molecule has 1 unspecified atom stereocenters. The summed E-state index contributed by atoms with van der Waals surface area (Å²) in [6, 6.07) is 8.66. The van der Waals surface area contributed by atoms with E-state index in [2.05, 4.69) is 61.1 Å². The minimum atomic E-state index is -0.308. The van der Waals surface area contributed by atoms with Crippen molar-refractivity contribution in [2.45, 2.75) is 39.3 Å². The van der Waals surface area contributed by atoms with Crippen molar-refractivity contribution in [3.05, 3.63) is 44.8 Å². The van der Waals surface area contributed by atoms with Crippen molar-refractivity contribution in [3.8, 4) is 0 Å². The van der Waals surface area contributed by atoms with Crippen LogP contribution in [0.15, 0.2) is 35.0 Å². The molecule has 0 bridgehead atoms. The summed E-state index contributed by atoms with van der Waals surface area (Å²) < 4.78 is 0. The summed E-state index contributed by atoms with van der Waals surface area (Å²) in [7, 11) is 0. The first-order chi connectivity index (χ1) is 9.46. The zero-order valence-corrected chi connectivity index (χ0v) is 13.9. The van der Waals surface area contributed by atoms with Crippen LogP contribution in [0.25, 0.3) is 0 Å². The smallest absolute Gasteiger partial charge is 0.0765 e. The summed E-state index contributed by atoms with van der Waals surface area (Å²) in [6.45, 7) is 7.10. The molecule has 2 nitrogen and oxygen atoms in total. The van der Waals surface area contributed by atoms with Crippen LogP contribution in [-0.4, -0.2) is 17.8 Å². The van der Waals surface area contributed by atoms with Crippen LogP contribution in [0.3, 0.4) is 0 Å². The highest BCUT2D eigenvalue weighted by Crippen LogP contribution is 2.29. The van der Waals surface area contributed by atoms with Crippen molar-refractivity contribution in [1.29, 1.82) is 0 Å². The van der Waals surface area contributed by atoms with E-state index in [-0.39, 0.29) is 17.6 Å². The van der Waals surface area contributed by atoms with Crippen molar-refractivity contribution in [2.24, 2.45) is 5.41 Å². The summed E-state index contributed by atoms with van der Waals surface area (Å²) in [5, 5.41) is 17.9. The van der Waals surface area contributed by atoms with Crippen LogP contribution in [0.5, 0.6) is 0 Å². The fraction of sp³-hybridized carbons (Fsp3) is 0.500. The van der Waals surface area contributed by atoms with Crippen molar-refractivity contribution in [2.75, 3.05) is 6.54 Å². The Kier molecular flexibility index (Phi) is 5.38. The Bertz CT molecular complexity index is 451. The molecule has 0 aliphatic carbocycles. The summed E-state index contributed by atoms with van der Waals surface area (Å²) in [5.41, 5.74) is 0.155. The van der Waals surface area contributed by atoms with Crippen LogP contribution in [0.2, 0.25) is 0 Å². The lowest BCUT2D eigenvalue weighted by atomic mass is 9.89. The van der Waals surface area contributed by atoms with Crippen LogP contribution < -0.4 is 5.32 Å². The van der Waals surface area contributed by atoms with E-state index in [1.54, 1.807) is 22.7 Å². The number of aliphatic hydroxyl groups excluding tert-OH is 1. The van der Waals surface area contributed by atoms with Crippen molar-refractivity contribution in [3.63, 3.8) is 0 Å². The number of aliphatic hydroxyl groups is 1. The highest BCUT2D eigenvalue weighted by Gasteiger charge is 2.20. The first-order valence-electron chi connectivity index (χ1n) is 6.94. The van der Waals surface area contributed by atoms with E-state index in [0.29, 0.717) is 6.54 Å². The van der Waals surface area contributed by atoms with Gasteiger partial charge in [-0.3, -0.25) is 0 Å². The van der Waals surface area contributed by atoms with E-state index in [0.717, 1.165) is 6.42 Å². The van der Waals surface area contributed by atoms with Gasteiger partial charge in [0.2, 0.25) is 0 Å². The molecule has 0 aromatic carbocycles. The Morgan fingerprint density at radius 3 is 2.05 bits per heavy atom. The molecule has 2 aromatic rings. The van der Waals surface area contributed by atoms with E-state index in [1.165, 1.54) is 9.75 Å². The average Bonchev–Trinajstić information content (AvgIpc) is 2.98. The van der Waals surface area contributed by atoms with Gasteiger partial charge in [-0.1, -0.05) is 32.9 Å². The van der Waals surface area contributed by atoms with Crippen LogP contribution in [0.1, 0.15) is 43.0 Å². The zero-order valence-electron chi connectivity index (χ0n) is 12.3. The number of hydrogen-bond donors (Lipinski definition) is 2. The molecule has 4 heteroatoms. The van der Waals surface area contributed by atoms with Gasteiger partial charge in [-0.15, -0.1) is 22.7 Å². The molecule has 110 valence electrons. The fourth-order valence-corrected chi connectivity index (χ4v) is 4.00. The third-order valence-electron chi connectivity index (χ3n) is 3.06. The van der Waals surface area contributed by atoms with Crippen LogP contribution in [-0.2, 0) is 0 Å². The highest BCUT2D eigenvalue weighted by molar-refractivity contribution is 7.11. The van der Waals surface area contributed by atoms with Gasteiger partial charge in [-0.2, -0.15) is 0 Å². The summed E-state index contributed by atoms with van der Waals surface area (Å²) in [5.74, 6) is 0. The van der Waals surface area contributed by atoms with Crippen molar-refractivity contribution < 1.29 is 5.11 Å². The Labute approximate surface area is 129 Å². The topological polar surface area (TPSA) is 32.3 Å². The van der Waals surface area contributed by atoms with E-state index in [1.807, 2.05) is 0 Å². The van der Waals surface area contributed by atoms with Crippen LogP contribution >= 0.6 is 22.7 Å². The average molecular weight is 310 g/mol. The third kappa shape index (κ3) is 4.70. The molecule has 0 aliphatic heterocycles. The quantitative estimate of drug-likeness (QED) is 0.834. The molecule has 2 aromatic heterocycles. The molecule has 0 radical (unpaired) electrons. The molecule has 0 aliphatic rings. The lowest BCUT2D eigenvalue weighted by Gasteiger charge is -2.24. The monoisotopic (exact) mass is 309 g/mol. The number of nitrogens with one attached hydrogen (secondary N) is 1. The van der Waals surface area contributed by atoms with Gasteiger partial charge < -0.3 is 10.4 Å². The first-order valence-corrected chi connectivity index (χ1v) is 8.70. The van der Waals surface area contributed by atoms with Crippen LogP contribution in [0.4, 0.5) is 0 Å². The molecule has 0 spiro atoms. The molecule has 0 fully saturated rings. The Morgan fingerprint density at radius 2 is 1.65 bits per heavy atom. The largest absolute Gasteiger partial charge is 0.392 e. The minimum Gasteiger partial charge on any atom is -0.392 e. The highest BCUT2D eigenvalue weighted by atomic mass is 32.1. The predicted octanol–water partition coefficient (Wildman–Crippen LogP) is 4.29. The predicted molar refractivity (Wildman–Crippen MR) is 88.6 cm³/mol. The normalized spacial score (nSPS) is 13.8. The standard InChI is InChI=1S/C16H23NOS2/c1-16(2,3)10-12(18)11-17-15(13-6-4-8-19-13)14-7-5-9-20-14/h4-9,12,15,17-18H,10-11H2,1-3H3. The Morgan fingerprint density at radius 1 is 1.10 bits per heavy atom. The molecule has 0 amide bonds. The van der Waals surface area contributed by atoms with E-state index in [4.69, 9.17) is 0 Å². The van der Waals surface area contributed by atoms with Crippen LogP contribution in [0, 0.1) is 5.41 Å². The summed E-state index contributed by atoms with van der Waals surface area (Å²) >= 11 is 3.51. The molecule has 20 heavy (non-hydrogen) atoms. The van der Waals surface area contributed by atoms with E-state index < -0.39 is 0 Å². The van der Waals surface area contributed by atoms with Gasteiger partial charge >= 0.3 is 0 Å². The van der Waals surface area contributed by atoms with Gasteiger partial charge in [0.1, 0.15) is 0 Å². The molecule has 2 rings (SSSR count). The third-order valence-corrected chi connectivity index (χ3v) is 4.94. The van der Waals surface area contributed by atoms with Crippen molar-refractivity contribution >= 4 is 22.7 Å². The maximum Gasteiger partial charge on any atom is 0.0765 e. The summed E-state index contributed by atoms with van der Waals surface area (Å²) in [6.07, 6.45) is 0.499. The second kappa shape index (κ2) is 6.85. The lowest BCUT2D eigenvalue weighted by Crippen LogP contribution is -2.32. The van der Waals surface area contributed by atoms with E-state index >= 15 is 0 Å². The summed E-state index contributed by atoms with van der Waals surface area (Å²) in [4.78, 5) is 2.60. The SMILES string of the molecule is CC(C)(C)CC(O)CNC(c1cccs1)c1cccs1. The molecule has 0 saturated carbocycles. The Hall–Kier alpha value is -0.680. The second-order valence-electron chi connectivity index (χ2n) is 6.29. The van der Waals surface area contributed by atoms with Gasteiger partial charge in [0.05, 0.1) is 12.1 Å². The number of rotatable bonds is 6. The maximum atomic E-state index is 10.2. The van der Waals surface area contributed by atoms with Crippen molar-refractivity contribution in [1.82, 2.24) is 5.32 Å². The molecule has 0 saturated heterocycles. The second-order valence-corrected chi connectivity index (χ2v) is 8.25. The number of hydrogen-bond acceptors (Lipinski definition) is 4. The fourth-order valence-electron chi connectivity index (χ4n) is 2.29. The van der Waals surface area contributed by atoms with Gasteiger partial charge in [0.25, 0.3) is 0 Å². The molecule has 2 N–H and O–H groups in total. The number of thiophene rings is 2. The van der Waals surface area contributed by atoms with Gasteiger partial charge in [0, 0.05) is 16.3 Å². The zero-order chi connectivity index (χ0) is 14.6. The van der Waals surface area contributed by atoms with Gasteiger partial charge in [-0.25, -0.2) is 0 Å².